The summed E-state index contributed by atoms with van der Waals surface area (Å²) >= 11 is 0. The van der Waals surface area contributed by atoms with E-state index < -0.39 is 47.6 Å². The Balaban J connectivity index is 1.21. The van der Waals surface area contributed by atoms with Crippen LogP contribution in [0.2, 0.25) is 0 Å². The van der Waals surface area contributed by atoms with Crippen LogP contribution in [0.25, 0.3) is 10.8 Å². The molecule has 2 heterocycles. The Morgan fingerprint density at radius 2 is 1.78 bits per heavy atom. The number of allylic oxidation sites excluding steroid dienone is 1. The van der Waals surface area contributed by atoms with E-state index in [9.17, 15) is 24.3 Å². The van der Waals surface area contributed by atoms with Crippen molar-refractivity contribution in [1.82, 2.24) is 15.5 Å². The van der Waals surface area contributed by atoms with E-state index in [1.807, 2.05) is 54.6 Å². The molecule has 3 amide bonds. The first kappa shape index (κ1) is 31.6. The molecule has 2 saturated carbocycles. The van der Waals surface area contributed by atoms with E-state index in [0.717, 1.165) is 61.3 Å². The number of aliphatic carboxylic acids is 1. The second-order valence-corrected chi connectivity index (χ2v) is 13.0. The van der Waals surface area contributed by atoms with Crippen molar-refractivity contribution in [3.8, 4) is 0 Å². The van der Waals surface area contributed by atoms with Crippen molar-refractivity contribution in [3.05, 3.63) is 60.2 Å². The van der Waals surface area contributed by atoms with Crippen LogP contribution in [-0.4, -0.2) is 76.5 Å². The summed E-state index contributed by atoms with van der Waals surface area (Å²) in [6, 6.07) is 12.0. The zero-order valence-corrected chi connectivity index (χ0v) is 25.9. The van der Waals surface area contributed by atoms with E-state index in [-0.39, 0.29) is 25.0 Å². The topological polar surface area (TPSA) is 147 Å². The lowest BCUT2D eigenvalue weighted by Gasteiger charge is -2.29. The van der Waals surface area contributed by atoms with Gasteiger partial charge in [-0.1, -0.05) is 66.5 Å². The number of hydrogen-bond acceptors (Lipinski definition) is 7. The molecule has 1 unspecified atom stereocenters. The highest BCUT2D eigenvalue weighted by molar-refractivity contribution is 5.96. The highest BCUT2D eigenvalue weighted by Crippen LogP contribution is 2.45. The Morgan fingerprint density at radius 1 is 1.00 bits per heavy atom. The molecule has 3 N–H and O–H groups in total. The SMILES string of the molecule is O=C(N[C@H]1CCCCC/C=C\[C@@H]2CC2(C(=O)O)NC(=O)[C@@H]2C[C@@H](O/N=C/c3ccc4ccccc4c3)CN2C1=O)OC1CCCC1. The number of oxime groups is 1. The first-order chi connectivity index (χ1) is 22.3. The van der Waals surface area contributed by atoms with Crippen LogP contribution in [0.15, 0.2) is 59.8 Å². The lowest BCUT2D eigenvalue weighted by molar-refractivity contribution is -0.145. The summed E-state index contributed by atoms with van der Waals surface area (Å²) in [7, 11) is 0. The summed E-state index contributed by atoms with van der Waals surface area (Å²) in [5.41, 5.74) is -0.570. The smallest absolute Gasteiger partial charge is 0.408 e. The third kappa shape index (κ3) is 7.18. The number of alkyl carbamates (subject to hydrolysis) is 1. The van der Waals surface area contributed by atoms with Gasteiger partial charge >= 0.3 is 12.1 Å². The molecule has 6 rings (SSSR count). The van der Waals surface area contributed by atoms with Gasteiger partial charge in [0.15, 0.2) is 0 Å². The minimum absolute atomic E-state index is 0.0607. The van der Waals surface area contributed by atoms with E-state index in [0.29, 0.717) is 19.3 Å². The van der Waals surface area contributed by atoms with Crippen LogP contribution >= 0.6 is 0 Å². The number of carboxylic acid groups (broad SMARTS) is 1. The van der Waals surface area contributed by atoms with Crippen LogP contribution in [0.1, 0.15) is 76.2 Å². The molecule has 2 aromatic rings. The Bertz CT molecular complexity index is 1520. The van der Waals surface area contributed by atoms with Gasteiger partial charge in [-0.05, 0) is 73.8 Å². The highest BCUT2D eigenvalue weighted by atomic mass is 16.6. The van der Waals surface area contributed by atoms with Crippen molar-refractivity contribution in [2.75, 3.05) is 6.54 Å². The number of carbonyl (C=O) groups excluding carboxylic acids is 3. The van der Waals surface area contributed by atoms with Crippen molar-refractivity contribution in [2.24, 2.45) is 11.1 Å². The Kier molecular flexibility index (Phi) is 9.56. The van der Waals surface area contributed by atoms with Crippen molar-refractivity contribution < 1.29 is 33.9 Å². The second-order valence-electron chi connectivity index (χ2n) is 13.0. The van der Waals surface area contributed by atoms with Gasteiger partial charge in [0.25, 0.3) is 0 Å². The number of carbonyl (C=O) groups is 4. The fourth-order valence-corrected chi connectivity index (χ4v) is 6.94. The molecule has 1 saturated heterocycles. The van der Waals surface area contributed by atoms with Crippen LogP contribution in [0.5, 0.6) is 0 Å². The minimum Gasteiger partial charge on any atom is -0.479 e. The lowest BCUT2D eigenvalue weighted by atomic mass is 10.0. The molecule has 3 fully saturated rings. The van der Waals surface area contributed by atoms with Crippen LogP contribution in [-0.2, 0) is 24.0 Å². The molecule has 11 heteroatoms. The summed E-state index contributed by atoms with van der Waals surface area (Å²) in [6.07, 6.45) is 11.6. The number of carboxylic acids is 1. The van der Waals surface area contributed by atoms with Crippen LogP contribution in [0.3, 0.4) is 0 Å². The summed E-state index contributed by atoms with van der Waals surface area (Å²) in [5.74, 6) is -2.39. The number of amides is 3. The van der Waals surface area contributed by atoms with Gasteiger partial charge in [0.1, 0.15) is 29.8 Å². The number of nitrogens with one attached hydrogen (secondary N) is 2. The number of hydrogen-bond donors (Lipinski definition) is 3. The molecule has 4 aliphatic rings. The Hall–Kier alpha value is -4.41. The fraction of sp³-hybridized carbons (Fsp3) is 0.514. The molecule has 0 spiro atoms. The van der Waals surface area contributed by atoms with Gasteiger partial charge in [0, 0.05) is 12.3 Å². The molecule has 0 aromatic heterocycles. The third-order valence-electron chi connectivity index (χ3n) is 9.67. The van der Waals surface area contributed by atoms with E-state index in [2.05, 4.69) is 15.8 Å². The number of rotatable bonds is 6. The van der Waals surface area contributed by atoms with Crippen LogP contribution in [0.4, 0.5) is 4.79 Å². The molecule has 2 aliphatic heterocycles. The quantitative estimate of drug-likeness (QED) is 0.239. The van der Waals surface area contributed by atoms with Gasteiger partial charge in [-0.2, -0.15) is 0 Å². The van der Waals surface area contributed by atoms with Gasteiger partial charge in [0.05, 0.1) is 12.8 Å². The molecule has 0 radical (unpaired) electrons. The van der Waals surface area contributed by atoms with Gasteiger partial charge in [-0.3, -0.25) is 9.59 Å². The maximum atomic E-state index is 14.1. The molecule has 5 atom stereocenters. The second kappa shape index (κ2) is 13.9. The van der Waals surface area contributed by atoms with Crippen LogP contribution < -0.4 is 10.6 Å². The first-order valence-corrected chi connectivity index (χ1v) is 16.5. The zero-order valence-electron chi connectivity index (χ0n) is 25.9. The Morgan fingerprint density at radius 3 is 2.59 bits per heavy atom. The van der Waals surface area contributed by atoms with E-state index in [1.54, 1.807) is 6.21 Å². The maximum absolute atomic E-state index is 14.1. The van der Waals surface area contributed by atoms with Gasteiger partial charge < -0.3 is 30.2 Å². The number of fused-ring (bicyclic) bond motifs is 3. The number of nitrogens with zero attached hydrogens (tertiary/aromatic N) is 2. The molecular formula is C35H42N4O7. The Labute approximate surface area is 268 Å². The average molecular weight is 631 g/mol. The normalized spacial score (nSPS) is 29.7. The van der Waals surface area contributed by atoms with E-state index >= 15 is 0 Å². The molecular weight excluding hydrogens is 588 g/mol. The number of ether oxygens (including phenoxy) is 1. The van der Waals surface area contributed by atoms with E-state index in [1.165, 1.54) is 4.90 Å². The van der Waals surface area contributed by atoms with Crippen molar-refractivity contribution in [2.45, 2.75) is 100 Å². The van der Waals surface area contributed by atoms with Crippen molar-refractivity contribution in [1.29, 1.82) is 0 Å². The van der Waals surface area contributed by atoms with Gasteiger partial charge in [-0.25, -0.2) is 9.59 Å². The summed E-state index contributed by atoms with van der Waals surface area (Å²) in [6.45, 7) is 0.0607. The molecule has 2 aromatic carbocycles. The number of benzene rings is 2. The first-order valence-electron chi connectivity index (χ1n) is 16.5. The standard InChI is InChI=1S/C35H42N4O7/c40-31-30-19-28(46-36-21-23-16-17-24-10-6-7-11-25(24)18-23)22-39(30)32(41)29(37-34(44)45-27-13-8-9-14-27)15-5-3-1-2-4-12-26-20-35(26,38-31)33(42)43/h4,6-7,10-12,16-18,21,26-30H,1-3,5,8-9,13-15,19-20,22H2,(H,37,44)(H,38,40)(H,42,43)/b12-4-,36-21+/t26-,28-,29+,30+,35?/m1/s1. The predicted octanol–water partition coefficient (Wildman–Crippen LogP) is 4.68. The molecule has 46 heavy (non-hydrogen) atoms. The molecule has 244 valence electrons. The molecule has 11 nitrogen and oxygen atoms in total. The fourth-order valence-electron chi connectivity index (χ4n) is 6.94. The summed E-state index contributed by atoms with van der Waals surface area (Å²) in [5, 5.41) is 22.0. The largest absolute Gasteiger partial charge is 0.479 e. The van der Waals surface area contributed by atoms with Gasteiger partial charge in [-0.15, -0.1) is 0 Å². The summed E-state index contributed by atoms with van der Waals surface area (Å²) in [4.78, 5) is 60.3. The van der Waals surface area contributed by atoms with E-state index in [4.69, 9.17) is 9.57 Å². The van der Waals surface area contributed by atoms with Crippen LogP contribution in [0, 0.1) is 5.92 Å². The lowest BCUT2D eigenvalue weighted by Crippen LogP contribution is -2.56. The van der Waals surface area contributed by atoms with Gasteiger partial charge in [0.2, 0.25) is 11.8 Å². The van der Waals surface area contributed by atoms with Crippen molar-refractivity contribution >= 4 is 40.9 Å². The molecule has 0 bridgehead atoms. The summed E-state index contributed by atoms with van der Waals surface area (Å²) < 4.78 is 5.60. The minimum atomic E-state index is -1.40. The highest BCUT2D eigenvalue weighted by Gasteiger charge is 2.61. The zero-order chi connectivity index (χ0) is 32.1. The molecule has 2 aliphatic carbocycles. The monoisotopic (exact) mass is 630 g/mol. The maximum Gasteiger partial charge on any atom is 0.408 e. The average Bonchev–Trinajstić information content (AvgIpc) is 3.32. The van der Waals surface area contributed by atoms with Crippen molar-refractivity contribution in [3.63, 3.8) is 0 Å². The predicted molar refractivity (Wildman–Crippen MR) is 171 cm³/mol. The third-order valence-corrected chi connectivity index (χ3v) is 9.67.